The first-order chi connectivity index (χ1) is 8.47. The highest BCUT2D eigenvalue weighted by atomic mass is 19.1. The molecule has 1 aromatic carbocycles. The zero-order chi connectivity index (χ0) is 13.3. The van der Waals surface area contributed by atoms with E-state index in [1.165, 1.54) is 11.0 Å². The van der Waals surface area contributed by atoms with E-state index in [4.69, 9.17) is 9.84 Å². The van der Waals surface area contributed by atoms with E-state index >= 15 is 0 Å². The quantitative estimate of drug-likeness (QED) is 0.900. The molecule has 0 unspecified atom stereocenters. The second-order valence-corrected chi connectivity index (χ2v) is 3.38. The molecule has 1 aromatic heterocycles. The van der Waals surface area contributed by atoms with E-state index < -0.39 is 28.9 Å². The van der Waals surface area contributed by atoms with E-state index in [0.29, 0.717) is 12.1 Å². The number of aryl methyl sites for hydroxylation is 1. The van der Waals surface area contributed by atoms with Crippen LogP contribution in [-0.4, -0.2) is 25.8 Å². The number of nitrogens with zero attached hydrogens (tertiary/aromatic N) is 3. The number of aromatic carboxylic acids is 1. The first-order valence-electron chi connectivity index (χ1n) is 4.73. The number of benzene rings is 1. The van der Waals surface area contributed by atoms with E-state index in [-0.39, 0.29) is 6.01 Å². The summed E-state index contributed by atoms with van der Waals surface area (Å²) >= 11 is 0. The van der Waals surface area contributed by atoms with Crippen LogP contribution in [0.4, 0.5) is 8.78 Å². The molecule has 94 valence electrons. The van der Waals surface area contributed by atoms with Gasteiger partial charge in [0.1, 0.15) is 6.33 Å². The molecule has 2 rings (SSSR count). The minimum Gasteiger partial charge on any atom is -0.478 e. The van der Waals surface area contributed by atoms with E-state index in [1.54, 1.807) is 7.05 Å². The van der Waals surface area contributed by atoms with Crippen molar-refractivity contribution in [3.8, 4) is 11.8 Å². The lowest BCUT2D eigenvalue weighted by Gasteiger charge is -2.05. The molecule has 0 saturated heterocycles. The van der Waals surface area contributed by atoms with Crippen molar-refractivity contribution in [1.82, 2.24) is 14.8 Å². The second kappa shape index (κ2) is 4.40. The van der Waals surface area contributed by atoms with Gasteiger partial charge in [-0.15, -0.1) is 5.10 Å². The molecule has 0 spiro atoms. The number of carboxylic acid groups (broad SMARTS) is 1. The highest BCUT2D eigenvalue weighted by Crippen LogP contribution is 2.26. The number of halogens is 2. The summed E-state index contributed by atoms with van der Waals surface area (Å²) in [6, 6.07) is 1.08. The lowest BCUT2D eigenvalue weighted by atomic mass is 10.2. The van der Waals surface area contributed by atoms with Crippen LogP contribution in [0, 0.1) is 11.6 Å². The maximum absolute atomic E-state index is 13.5. The maximum Gasteiger partial charge on any atom is 0.341 e. The average molecular weight is 255 g/mol. The van der Waals surface area contributed by atoms with Crippen LogP contribution in [0.5, 0.6) is 11.8 Å². The van der Waals surface area contributed by atoms with E-state index in [1.807, 2.05) is 0 Å². The molecule has 1 heterocycles. The number of rotatable bonds is 3. The van der Waals surface area contributed by atoms with Gasteiger partial charge in [-0.1, -0.05) is 0 Å². The normalized spacial score (nSPS) is 10.4. The Balaban J connectivity index is 2.37. The number of ether oxygens (including phenoxy) is 1. The molecular formula is C10H7F2N3O3. The summed E-state index contributed by atoms with van der Waals surface area (Å²) in [5, 5.41) is 12.3. The minimum absolute atomic E-state index is 0.238. The van der Waals surface area contributed by atoms with Crippen molar-refractivity contribution in [3.05, 3.63) is 35.7 Å². The van der Waals surface area contributed by atoms with Crippen LogP contribution < -0.4 is 4.74 Å². The number of carbonyl (C=O) groups is 1. The van der Waals surface area contributed by atoms with Crippen LogP contribution in [0.25, 0.3) is 0 Å². The van der Waals surface area contributed by atoms with Gasteiger partial charge >= 0.3 is 12.0 Å². The molecule has 0 aliphatic heterocycles. The monoisotopic (exact) mass is 255 g/mol. The Morgan fingerprint density at radius 1 is 1.39 bits per heavy atom. The third-order valence-electron chi connectivity index (χ3n) is 2.02. The zero-order valence-electron chi connectivity index (χ0n) is 9.09. The van der Waals surface area contributed by atoms with Gasteiger partial charge < -0.3 is 9.84 Å². The third-order valence-corrected chi connectivity index (χ3v) is 2.02. The lowest BCUT2D eigenvalue weighted by Crippen LogP contribution is -2.01. The average Bonchev–Trinajstić information content (AvgIpc) is 2.69. The molecular weight excluding hydrogens is 248 g/mol. The van der Waals surface area contributed by atoms with Crippen LogP contribution in [-0.2, 0) is 7.05 Å². The van der Waals surface area contributed by atoms with E-state index in [0.717, 1.165) is 0 Å². The van der Waals surface area contributed by atoms with Crippen molar-refractivity contribution in [2.75, 3.05) is 0 Å². The van der Waals surface area contributed by atoms with Gasteiger partial charge in [0.05, 0.1) is 5.56 Å². The molecule has 6 nitrogen and oxygen atoms in total. The van der Waals surface area contributed by atoms with Gasteiger partial charge in [-0.2, -0.15) is 4.98 Å². The SMILES string of the molecule is Cn1cnc(Oc2c(F)cc(C(=O)O)cc2F)n1. The highest BCUT2D eigenvalue weighted by molar-refractivity contribution is 5.87. The molecule has 0 bridgehead atoms. The summed E-state index contributed by atoms with van der Waals surface area (Å²) in [5.74, 6) is -4.46. The van der Waals surface area contributed by atoms with Gasteiger partial charge in [0.15, 0.2) is 11.6 Å². The second-order valence-electron chi connectivity index (χ2n) is 3.38. The molecule has 8 heteroatoms. The fourth-order valence-electron chi connectivity index (χ4n) is 1.24. The number of hydrogen-bond donors (Lipinski definition) is 1. The largest absolute Gasteiger partial charge is 0.478 e. The predicted octanol–water partition coefficient (Wildman–Crippen LogP) is 1.58. The van der Waals surface area contributed by atoms with Crippen LogP contribution in [0.1, 0.15) is 10.4 Å². The Morgan fingerprint density at radius 2 is 2.00 bits per heavy atom. The van der Waals surface area contributed by atoms with Crippen molar-refractivity contribution >= 4 is 5.97 Å². The maximum atomic E-state index is 13.5. The smallest absolute Gasteiger partial charge is 0.341 e. The highest BCUT2D eigenvalue weighted by Gasteiger charge is 2.17. The lowest BCUT2D eigenvalue weighted by molar-refractivity contribution is 0.0695. The molecule has 0 amide bonds. The van der Waals surface area contributed by atoms with Crippen LogP contribution in [0.2, 0.25) is 0 Å². The van der Waals surface area contributed by atoms with Crippen LogP contribution in [0.3, 0.4) is 0 Å². The zero-order valence-corrected chi connectivity index (χ0v) is 9.09. The summed E-state index contributed by atoms with van der Waals surface area (Å²) in [5.41, 5.74) is -0.508. The van der Waals surface area contributed by atoms with Crippen LogP contribution in [0.15, 0.2) is 18.5 Å². The minimum atomic E-state index is -1.43. The number of hydrogen-bond acceptors (Lipinski definition) is 4. The Hall–Kier alpha value is -2.51. The van der Waals surface area contributed by atoms with Gasteiger partial charge in [0, 0.05) is 7.05 Å². The molecule has 0 aliphatic rings. The first-order valence-corrected chi connectivity index (χ1v) is 4.73. The summed E-state index contributed by atoms with van der Waals surface area (Å²) in [6.07, 6.45) is 1.29. The van der Waals surface area contributed by atoms with Crippen molar-refractivity contribution in [1.29, 1.82) is 0 Å². The number of carboxylic acids is 1. The molecule has 0 saturated carbocycles. The van der Waals surface area contributed by atoms with E-state index in [9.17, 15) is 13.6 Å². The summed E-state index contributed by atoms with van der Waals surface area (Å²) < 4.78 is 33.0. The Kier molecular flexibility index (Phi) is 2.92. The molecule has 18 heavy (non-hydrogen) atoms. The fourth-order valence-corrected chi connectivity index (χ4v) is 1.24. The van der Waals surface area contributed by atoms with Crippen molar-refractivity contribution in [2.24, 2.45) is 7.05 Å². The number of aromatic nitrogens is 3. The van der Waals surface area contributed by atoms with Gasteiger partial charge in [0.25, 0.3) is 0 Å². The molecule has 0 aliphatic carbocycles. The van der Waals surface area contributed by atoms with Gasteiger partial charge in [-0.25, -0.2) is 13.6 Å². The summed E-state index contributed by atoms with van der Waals surface area (Å²) in [7, 11) is 1.56. The first kappa shape index (κ1) is 12.0. The van der Waals surface area contributed by atoms with E-state index in [2.05, 4.69) is 10.1 Å². The van der Waals surface area contributed by atoms with Crippen molar-refractivity contribution in [2.45, 2.75) is 0 Å². The summed E-state index contributed by atoms with van der Waals surface area (Å²) in [6.45, 7) is 0. The molecule has 0 atom stereocenters. The van der Waals surface area contributed by atoms with Crippen molar-refractivity contribution < 1.29 is 23.4 Å². The van der Waals surface area contributed by atoms with Gasteiger partial charge in [-0.3, -0.25) is 4.68 Å². The molecule has 2 aromatic rings. The summed E-state index contributed by atoms with van der Waals surface area (Å²) in [4.78, 5) is 14.2. The Labute approximate surface area is 99.4 Å². The van der Waals surface area contributed by atoms with Crippen LogP contribution >= 0.6 is 0 Å². The molecule has 1 N–H and O–H groups in total. The molecule has 0 radical (unpaired) electrons. The predicted molar refractivity (Wildman–Crippen MR) is 54.4 cm³/mol. The van der Waals surface area contributed by atoms with Gasteiger partial charge in [0.2, 0.25) is 5.75 Å². The van der Waals surface area contributed by atoms with Crippen molar-refractivity contribution in [3.63, 3.8) is 0 Å². The fraction of sp³-hybridized carbons (Fsp3) is 0.100. The third kappa shape index (κ3) is 2.26. The standard InChI is InChI=1S/C10H7F2N3O3/c1-15-4-13-10(14-15)18-8-6(11)2-5(9(16)17)3-7(8)12/h2-4H,1H3,(H,16,17). The Morgan fingerprint density at radius 3 is 2.44 bits per heavy atom. The van der Waals surface area contributed by atoms with Gasteiger partial charge in [-0.05, 0) is 12.1 Å². The topological polar surface area (TPSA) is 77.2 Å². The Bertz CT molecular complexity index is 589. The molecule has 0 fully saturated rings.